The predicted molar refractivity (Wildman–Crippen MR) is 86.3 cm³/mol. The van der Waals surface area contributed by atoms with Gasteiger partial charge in [-0.1, -0.05) is 23.7 Å². The van der Waals surface area contributed by atoms with E-state index in [1.807, 2.05) is 18.2 Å². The molecule has 20 heavy (non-hydrogen) atoms. The van der Waals surface area contributed by atoms with Gasteiger partial charge in [0.15, 0.2) is 0 Å². The quantitative estimate of drug-likeness (QED) is 0.849. The molecule has 1 aromatic heterocycles. The van der Waals surface area contributed by atoms with E-state index in [2.05, 4.69) is 49.7 Å². The van der Waals surface area contributed by atoms with Gasteiger partial charge in [-0.15, -0.1) is 0 Å². The third kappa shape index (κ3) is 3.25. The van der Waals surface area contributed by atoms with E-state index >= 15 is 0 Å². The summed E-state index contributed by atoms with van der Waals surface area (Å²) in [7, 11) is 0. The molecule has 2 rings (SSSR count). The van der Waals surface area contributed by atoms with Crippen molar-refractivity contribution >= 4 is 11.6 Å². The summed E-state index contributed by atoms with van der Waals surface area (Å²) in [5, 5.41) is 4.37. The van der Waals surface area contributed by atoms with E-state index in [1.165, 1.54) is 22.5 Å². The van der Waals surface area contributed by atoms with Crippen molar-refractivity contribution < 1.29 is 0 Å². The fourth-order valence-electron chi connectivity index (χ4n) is 2.69. The molecular weight excluding hydrogens is 268 g/mol. The standard InChI is InChI=1S/C17H23ClN2/c1-5-20-12(2)9-16(14(20)4)11-19-13(3)15-7-6-8-17(18)10-15/h6-10,13,19H,5,11H2,1-4H3/t13-/m0/s1. The zero-order chi connectivity index (χ0) is 14.7. The van der Waals surface area contributed by atoms with Crippen LogP contribution >= 0.6 is 11.6 Å². The number of aryl methyl sites for hydroxylation is 1. The number of hydrogen-bond donors (Lipinski definition) is 1. The summed E-state index contributed by atoms with van der Waals surface area (Å²) in [6, 6.07) is 10.6. The van der Waals surface area contributed by atoms with Gasteiger partial charge < -0.3 is 9.88 Å². The van der Waals surface area contributed by atoms with Gasteiger partial charge in [0.25, 0.3) is 0 Å². The first kappa shape index (κ1) is 15.1. The van der Waals surface area contributed by atoms with Crippen molar-refractivity contribution in [2.45, 2.75) is 46.8 Å². The summed E-state index contributed by atoms with van der Waals surface area (Å²) in [5.74, 6) is 0. The van der Waals surface area contributed by atoms with Gasteiger partial charge in [-0.25, -0.2) is 0 Å². The minimum absolute atomic E-state index is 0.290. The fourth-order valence-corrected chi connectivity index (χ4v) is 2.89. The van der Waals surface area contributed by atoms with Crippen LogP contribution in [0.5, 0.6) is 0 Å². The van der Waals surface area contributed by atoms with Crippen molar-refractivity contribution in [3.05, 3.63) is 57.9 Å². The number of rotatable bonds is 5. The molecule has 108 valence electrons. The van der Waals surface area contributed by atoms with Crippen LogP contribution in [0.15, 0.2) is 30.3 Å². The summed E-state index contributed by atoms with van der Waals surface area (Å²) in [5.41, 5.74) is 5.29. The van der Waals surface area contributed by atoms with Crippen molar-refractivity contribution in [3.63, 3.8) is 0 Å². The van der Waals surface area contributed by atoms with E-state index in [9.17, 15) is 0 Å². The number of nitrogens with one attached hydrogen (secondary N) is 1. The van der Waals surface area contributed by atoms with Gasteiger partial charge in [-0.05, 0) is 57.0 Å². The normalized spacial score (nSPS) is 12.7. The van der Waals surface area contributed by atoms with Crippen LogP contribution in [0.4, 0.5) is 0 Å². The molecule has 1 N–H and O–H groups in total. The Bertz CT molecular complexity index is 587. The molecule has 0 amide bonds. The van der Waals surface area contributed by atoms with Crippen molar-refractivity contribution in [2.75, 3.05) is 0 Å². The van der Waals surface area contributed by atoms with Crippen LogP contribution in [0.1, 0.15) is 42.4 Å². The Morgan fingerprint density at radius 3 is 2.60 bits per heavy atom. The second-order valence-corrected chi connectivity index (χ2v) is 5.73. The van der Waals surface area contributed by atoms with Crippen LogP contribution in [0.25, 0.3) is 0 Å². The zero-order valence-electron chi connectivity index (χ0n) is 12.7. The minimum atomic E-state index is 0.290. The fraction of sp³-hybridized carbons (Fsp3) is 0.412. The van der Waals surface area contributed by atoms with Gasteiger partial charge in [0, 0.05) is 35.5 Å². The molecule has 0 fully saturated rings. The smallest absolute Gasteiger partial charge is 0.0409 e. The molecule has 1 atom stereocenters. The molecule has 0 aliphatic carbocycles. The maximum Gasteiger partial charge on any atom is 0.0409 e. The van der Waals surface area contributed by atoms with Crippen LogP contribution in [-0.4, -0.2) is 4.57 Å². The molecule has 1 heterocycles. The summed E-state index contributed by atoms with van der Waals surface area (Å²) in [6.07, 6.45) is 0. The lowest BCUT2D eigenvalue weighted by molar-refractivity contribution is 0.571. The van der Waals surface area contributed by atoms with E-state index in [4.69, 9.17) is 11.6 Å². The second-order valence-electron chi connectivity index (χ2n) is 5.30. The Labute approximate surface area is 126 Å². The lowest BCUT2D eigenvalue weighted by atomic mass is 10.1. The third-order valence-corrected chi connectivity index (χ3v) is 4.18. The first-order valence-electron chi connectivity index (χ1n) is 7.17. The molecular formula is C17H23ClN2. The topological polar surface area (TPSA) is 17.0 Å². The van der Waals surface area contributed by atoms with Gasteiger partial charge in [0.2, 0.25) is 0 Å². The molecule has 0 spiro atoms. The average Bonchev–Trinajstić information content (AvgIpc) is 2.70. The summed E-state index contributed by atoms with van der Waals surface area (Å²) in [4.78, 5) is 0. The van der Waals surface area contributed by atoms with Crippen LogP contribution in [0.3, 0.4) is 0 Å². The van der Waals surface area contributed by atoms with Crippen LogP contribution in [0, 0.1) is 13.8 Å². The maximum atomic E-state index is 6.04. The van der Waals surface area contributed by atoms with Crippen molar-refractivity contribution in [1.82, 2.24) is 9.88 Å². The highest BCUT2D eigenvalue weighted by Crippen LogP contribution is 2.19. The number of nitrogens with zero attached hydrogens (tertiary/aromatic N) is 1. The highest BCUT2D eigenvalue weighted by atomic mass is 35.5. The van der Waals surface area contributed by atoms with Crippen molar-refractivity contribution in [1.29, 1.82) is 0 Å². The summed E-state index contributed by atoms with van der Waals surface area (Å²) >= 11 is 6.04. The molecule has 1 aromatic carbocycles. The predicted octanol–water partition coefficient (Wildman–Crippen LogP) is 4.63. The second kappa shape index (κ2) is 6.47. The van der Waals surface area contributed by atoms with Crippen molar-refractivity contribution in [3.8, 4) is 0 Å². The van der Waals surface area contributed by atoms with E-state index in [0.717, 1.165) is 18.1 Å². The lowest BCUT2D eigenvalue weighted by Crippen LogP contribution is -2.18. The zero-order valence-corrected chi connectivity index (χ0v) is 13.5. The highest BCUT2D eigenvalue weighted by molar-refractivity contribution is 6.30. The Kier molecular flexibility index (Phi) is 4.90. The Hall–Kier alpha value is -1.25. The van der Waals surface area contributed by atoms with E-state index in [1.54, 1.807) is 0 Å². The molecule has 0 aliphatic heterocycles. The number of hydrogen-bond acceptors (Lipinski definition) is 1. The SMILES string of the molecule is CCn1c(C)cc(CN[C@@H](C)c2cccc(Cl)c2)c1C. The highest BCUT2D eigenvalue weighted by Gasteiger charge is 2.10. The van der Waals surface area contributed by atoms with E-state index < -0.39 is 0 Å². The molecule has 0 saturated carbocycles. The number of aromatic nitrogens is 1. The molecule has 3 heteroatoms. The molecule has 0 saturated heterocycles. The average molecular weight is 291 g/mol. The van der Waals surface area contributed by atoms with Gasteiger partial charge >= 0.3 is 0 Å². The van der Waals surface area contributed by atoms with Crippen LogP contribution < -0.4 is 5.32 Å². The minimum Gasteiger partial charge on any atom is -0.349 e. The monoisotopic (exact) mass is 290 g/mol. The third-order valence-electron chi connectivity index (χ3n) is 3.94. The maximum absolute atomic E-state index is 6.04. The van der Waals surface area contributed by atoms with E-state index in [0.29, 0.717) is 6.04 Å². The molecule has 0 unspecified atom stereocenters. The van der Waals surface area contributed by atoms with E-state index in [-0.39, 0.29) is 0 Å². The van der Waals surface area contributed by atoms with Crippen LogP contribution in [0.2, 0.25) is 5.02 Å². The van der Waals surface area contributed by atoms with Gasteiger partial charge in [0.05, 0.1) is 0 Å². The molecule has 0 aliphatic rings. The summed E-state index contributed by atoms with van der Waals surface area (Å²) < 4.78 is 2.35. The number of benzene rings is 1. The summed E-state index contributed by atoms with van der Waals surface area (Å²) in [6.45, 7) is 10.6. The van der Waals surface area contributed by atoms with Gasteiger partial charge in [0.1, 0.15) is 0 Å². The first-order valence-corrected chi connectivity index (χ1v) is 7.55. The van der Waals surface area contributed by atoms with Crippen molar-refractivity contribution in [2.24, 2.45) is 0 Å². The number of halogens is 1. The molecule has 2 aromatic rings. The Balaban J connectivity index is 2.05. The largest absolute Gasteiger partial charge is 0.349 e. The Morgan fingerprint density at radius 2 is 2.00 bits per heavy atom. The first-order chi connectivity index (χ1) is 9.52. The van der Waals surface area contributed by atoms with Gasteiger partial charge in [-0.3, -0.25) is 0 Å². The molecule has 2 nitrogen and oxygen atoms in total. The Morgan fingerprint density at radius 1 is 1.25 bits per heavy atom. The molecule has 0 bridgehead atoms. The lowest BCUT2D eigenvalue weighted by Gasteiger charge is -2.15. The van der Waals surface area contributed by atoms with Gasteiger partial charge in [-0.2, -0.15) is 0 Å². The molecule has 0 radical (unpaired) electrons. The van der Waals surface area contributed by atoms with Crippen LogP contribution in [-0.2, 0) is 13.1 Å².